The predicted molar refractivity (Wildman–Crippen MR) is 127 cm³/mol. The van der Waals surface area contributed by atoms with Crippen LogP contribution in [0.1, 0.15) is 40.0 Å². The number of aryl methyl sites for hydroxylation is 1. The summed E-state index contributed by atoms with van der Waals surface area (Å²) in [4.78, 5) is 35.8. The molecule has 0 saturated carbocycles. The van der Waals surface area contributed by atoms with Gasteiger partial charge >= 0.3 is 6.18 Å². The number of nitriles is 1. The third-order valence-electron chi connectivity index (χ3n) is 7.46. The quantitative estimate of drug-likeness (QED) is 0.643. The van der Waals surface area contributed by atoms with E-state index in [0.717, 1.165) is 6.07 Å². The Morgan fingerprint density at radius 3 is 2.47 bits per heavy atom. The molecule has 2 saturated heterocycles. The van der Waals surface area contributed by atoms with Crippen molar-refractivity contribution < 1.29 is 22.8 Å². The maximum absolute atomic E-state index is 13.5. The van der Waals surface area contributed by atoms with Crippen molar-refractivity contribution in [2.45, 2.75) is 25.9 Å². The number of likely N-dealkylation sites (tertiary alicyclic amines) is 1. The molecule has 3 heterocycles. The molecule has 1 atom stereocenters. The Morgan fingerprint density at radius 2 is 1.89 bits per heavy atom. The summed E-state index contributed by atoms with van der Waals surface area (Å²) in [5, 5.41) is 9.08. The van der Waals surface area contributed by atoms with E-state index in [1.807, 2.05) is 4.90 Å². The molecular formula is C26H28F3N5O2. The number of hydrogen-bond donors (Lipinski definition) is 0. The number of carbonyl (C=O) groups excluding carboxylic acids is 2. The van der Waals surface area contributed by atoms with Crippen molar-refractivity contribution in [1.29, 1.82) is 5.26 Å². The highest BCUT2D eigenvalue weighted by atomic mass is 19.4. The van der Waals surface area contributed by atoms with Crippen LogP contribution in [0.4, 0.5) is 18.9 Å². The van der Waals surface area contributed by atoms with E-state index in [0.29, 0.717) is 56.0 Å². The first kappa shape index (κ1) is 25.5. The first-order valence-electron chi connectivity index (χ1n) is 11.8. The van der Waals surface area contributed by atoms with Crippen molar-refractivity contribution in [1.82, 2.24) is 14.8 Å². The summed E-state index contributed by atoms with van der Waals surface area (Å²) in [6.07, 6.45) is -1.90. The van der Waals surface area contributed by atoms with Gasteiger partial charge in [-0.1, -0.05) is 0 Å². The number of piperidine rings is 1. The molecule has 190 valence electrons. The fourth-order valence-corrected chi connectivity index (χ4v) is 5.43. The SMILES string of the molecule is Cc1ncccc1C(=O)N1CC(C(=O)N(C)C)C2(CCN(c3ccc(C#N)c(C(F)(F)F)c3)CC2)C1. The Hall–Kier alpha value is -3.61. The van der Waals surface area contributed by atoms with Crippen molar-refractivity contribution in [3.8, 4) is 6.07 Å². The number of halogens is 3. The van der Waals surface area contributed by atoms with Gasteiger partial charge in [0, 0.05) is 63.3 Å². The van der Waals surface area contributed by atoms with Gasteiger partial charge in [0.05, 0.1) is 28.7 Å². The maximum Gasteiger partial charge on any atom is 0.417 e. The van der Waals surface area contributed by atoms with E-state index >= 15 is 0 Å². The molecule has 1 aromatic heterocycles. The van der Waals surface area contributed by atoms with Gasteiger partial charge in [0.2, 0.25) is 5.91 Å². The van der Waals surface area contributed by atoms with Crippen LogP contribution in [0.25, 0.3) is 0 Å². The molecule has 2 aromatic rings. The first-order chi connectivity index (χ1) is 17.0. The summed E-state index contributed by atoms with van der Waals surface area (Å²) < 4.78 is 40.4. The molecule has 0 radical (unpaired) electrons. The Morgan fingerprint density at radius 1 is 1.19 bits per heavy atom. The fourth-order valence-electron chi connectivity index (χ4n) is 5.43. The fraction of sp³-hybridized carbons (Fsp3) is 0.462. The zero-order valence-electron chi connectivity index (χ0n) is 20.5. The van der Waals surface area contributed by atoms with Crippen LogP contribution >= 0.6 is 0 Å². The Bertz CT molecular complexity index is 1210. The van der Waals surface area contributed by atoms with Crippen LogP contribution in [-0.2, 0) is 11.0 Å². The van der Waals surface area contributed by atoms with Gasteiger partial charge in [0.25, 0.3) is 5.91 Å². The molecule has 2 aliphatic heterocycles. The minimum atomic E-state index is -4.63. The third kappa shape index (κ3) is 4.62. The van der Waals surface area contributed by atoms with Gasteiger partial charge in [-0.2, -0.15) is 18.4 Å². The number of hydrogen-bond acceptors (Lipinski definition) is 5. The summed E-state index contributed by atoms with van der Waals surface area (Å²) in [7, 11) is 3.38. The number of aromatic nitrogens is 1. The highest BCUT2D eigenvalue weighted by Crippen LogP contribution is 2.47. The van der Waals surface area contributed by atoms with Crippen molar-refractivity contribution >= 4 is 17.5 Å². The van der Waals surface area contributed by atoms with Gasteiger partial charge in [-0.05, 0) is 50.1 Å². The number of amides is 2. The molecule has 2 amide bonds. The van der Waals surface area contributed by atoms with E-state index in [1.165, 1.54) is 17.0 Å². The second-order valence-corrected chi connectivity index (χ2v) is 9.80. The predicted octanol–water partition coefficient (Wildman–Crippen LogP) is 3.73. The highest BCUT2D eigenvalue weighted by molar-refractivity contribution is 5.96. The summed E-state index contributed by atoms with van der Waals surface area (Å²) in [5.41, 5.74) is -0.317. The number of carbonyl (C=O) groups is 2. The second-order valence-electron chi connectivity index (χ2n) is 9.80. The summed E-state index contributed by atoms with van der Waals surface area (Å²) in [5.74, 6) is -0.625. The Kier molecular flexibility index (Phi) is 6.69. The second kappa shape index (κ2) is 9.45. The normalized spacial score (nSPS) is 19.3. The summed E-state index contributed by atoms with van der Waals surface area (Å²) in [6.45, 7) is 3.34. The standard InChI is InChI=1S/C26H28F3N5O2/c1-17-20(5-4-10-31-17)23(35)34-15-22(24(36)32(2)3)25(16-34)8-11-33(12-9-25)19-7-6-18(14-30)21(13-19)26(27,28)29/h4-7,10,13,22H,8-9,11-12,15-16H2,1-3H3. The smallest absolute Gasteiger partial charge is 0.371 e. The molecule has 7 nitrogen and oxygen atoms in total. The first-order valence-corrected chi connectivity index (χ1v) is 11.8. The van der Waals surface area contributed by atoms with Crippen LogP contribution in [0.5, 0.6) is 0 Å². The molecule has 1 unspecified atom stereocenters. The third-order valence-corrected chi connectivity index (χ3v) is 7.46. The molecule has 0 bridgehead atoms. The molecule has 1 aromatic carbocycles. The number of alkyl halides is 3. The van der Waals surface area contributed by atoms with E-state index in [9.17, 15) is 22.8 Å². The van der Waals surface area contributed by atoms with Gasteiger partial charge in [-0.15, -0.1) is 0 Å². The number of anilines is 1. The number of benzene rings is 1. The molecule has 0 N–H and O–H groups in total. The van der Waals surface area contributed by atoms with Crippen LogP contribution in [0.15, 0.2) is 36.5 Å². The molecule has 1 spiro atoms. The zero-order valence-corrected chi connectivity index (χ0v) is 20.5. The van der Waals surface area contributed by atoms with Gasteiger partial charge in [0.15, 0.2) is 0 Å². The molecule has 4 rings (SSSR count). The lowest BCUT2D eigenvalue weighted by molar-refractivity contribution is -0.138. The van der Waals surface area contributed by atoms with E-state index in [2.05, 4.69) is 4.98 Å². The summed E-state index contributed by atoms with van der Waals surface area (Å²) >= 11 is 0. The van der Waals surface area contributed by atoms with Gasteiger partial charge in [0.1, 0.15) is 0 Å². The molecule has 2 aliphatic rings. The lowest BCUT2D eigenvalue weighted by Gasteiger charge is -2.43. The van der Waals surface area contributed by atoms with Gasteiger partial charge < -0.3 is 14.7 Å². The Balaban J connectivity index is 1.58. The number of rotatable bonds is 3. The number of nitrogens with zero attached hydrogens (tertiary/aromatic N) is 5. The molecular weight excluding hydrogens is 471 g/mol. The molecule has 0 aliphatic carbocycles. The minimum absolute atomic E-state index is 0.0561. The lowest BCUT2D eigenvalue weighted by Crippen LogP contribution is -2.48. The lowest BCUT2D eigenvalue weighted by atomic mass is 9.70. The van der Waals surface area contributed by atoms with E-state index < -0.39 is 28.6 Å². The van der Waals surface area contributed by atoms with E-state index in [-0.39, 0.29) is 11.8 Å². The van der Waals surface area contributed by atoms with Crippen LogP contribution in [0.2, 0.25) is 0 Å². The molecule has 10 heteroatoms. The monoisotopic (exact) mass is 499 g/mol. The van der Waals surface area contributed by atoms with E-state index in [1.54, 1.807) is 50.3 Å². The van der Waals surface area contributed by atoms with E-state index in [4.69, 9.17) is 5.26 Å². The van der Waals surface area contributed by atoms with Gasteiger partial charge in [-0.3, -0.25) is 14.6 Å². The topological polar surface area (TPSA) is 80.5 Å². The van der Waals surface area contributed by atoms with Crippen LogP contribution in [0.3, 0.4) is 0 Å². The van der Waals surface area contributed by atoms with Crippen molar-refractivity contribution in [3.63, 3.8) is 0 Å². The average Bonchev–Trinajstić information content (AvgIpc) is 3.21. The highest BCUT2D eigenvalue weighted by Gasteiger charge is 2.53. The van der Waals surface area contributed by atoms with Crippen molar-refractivity contribution in [3.05, 3.63) is 58.9 Å². The van der Waals surface area contributed by atoms with Gasteiger partial charge in [-0.25, -0.2) is 0 Å². The number of pyridine rings is 1. The average molecular weight is 500 g/mol. The summed E-state index contributed by atoms with van der Waals surface area (Å²) in [6, 6.07) is 8.80. The molecule has 2 fully saturated rings. The minimum Gasteiger partial charge on any atom is -0.371 e. The van der Waals surface area contributed by atoms with Crippen LogP contribution < -0.4 is 4.90 Å². The molecule has 36 heavy (non-hydrogen) atoms. The maximum atomic E-state index is 13.5. The van der Waals surface area contributed by atoms with Crippen LogP contribution in [0, 0.1) is 29.6 Å². The zero-order chi connectivity index (χ0) is 26.3. The van der Waals surface area contributed by atoms with Crippen molar-refractivity contribution in [2.75, 3.05) is 45.2 Å². The van der Waals surface area contributed by atoms with Crippen molar-refractivity contribution in [2.24, 2.45) is 11.3 Å². The van der Waals surface area contributed by atoms with Crippen LogP contribution in [-0.4, -0.2) is 66.9 Å². The largest absolute Gasteiger partial charge is 0.417 e. The Labute approximate surface area is 208 Å².